The lowest BCUT2D eigenvalue weighted by Gasteiger charge is -2.27. The predicted octanol–water partition coefficient (Wildman–Crippen LogP) is 3.20. The van der Waals surface area contributed by atoms with Gasteiger partial charge in [0.15, 0.2) is 0 Å². The number of likely N-dealkylation sites (N-methyl/N-ethyl adjacent to an activating group) is 1. The van der Waals surface area contributed by atoms with E-state index in [0.717, 1.165) is 58.2 Å². The lowest BCUT2D eigenvalue weighted by molar-refractivity contribution is -0.132. The molecule has 1 N–H and O–H groups in total. The van der Waals surface area contributed by atoms with Crippen molar-refractivity contribution in [1.29, 1.82) is 0 Å². The third-order valence-electron chi connectivity index (χ3n) is 5.09. The highest BCUT2D eigenvalue weighted by Crippen LogP contribution is 2.19. The maximum absolute atomic E-state index is 12.8. The van der Waals surface area contributed by atoms with Gasteiger partial charge in [-0.2, -0.15) is 0 Å². The molecule has 0 spiro atoms. The highest BCUT2D eigenvalue weighted by Gasteiger charge is 2.19. The molecule has 1 aliphatic rings. The lowest BCUT2D eigenvalue weighted by Crippen LogP contribution is -2.38. The van der Waals surface area contributed by atoms with Crippen LogP contribution >= 0.6 is 11.3 Å². The van der Waals surface area contributed by atoms with Gasteiger partial charge in [-0.15, -0.1) is 11.3 Å². The van der Waals surface area contributed by atoms with Crippen molar-refractivity contribution < 1.29 is 4.79 Å². The van der Waals surface area contributed by atoms with Crippen molar-refractivity contribution in [3.05, 3.63) is 22.4 Å². The molecule has 0 radical (unpaired) electrons. The minimum Gasteiger partial charge on any atom is -0.336 e. The van der Waals surface area contributed by atoms with Gasteiger partial charge >= 0.3 is 0 Å². The maximum Gasteiger partial charge on any atom is 0.222 e. The summed E-state index contributed by atoms with van der Waals surface area (Å²) in [6.45, 7) is 11.3. The van der Waals surface area contributed by atoms with Crippen LogP contribution in [0, 0.1) is 5.92 Å². The average Bonchev–Trinajstić information content (AvgIpc) is 3.13. The molecule has 1 saturated heterocycles. The molecule has 0 aromatic carbocycles. The van der Waals surface area contributed by atoms with E-state index in [1.165, 1.54) is 17.7 Å². The van der Waals surface area contributed by atoms with E-state index in [-0.39, 0.29) is 0 Å². The summed E-state index contributed by atoms with van der Waals surface area (Å²) in [5.74, 6) is 1.05. The van der Waals surface area contributed by atoms with Gasteiger partial charge in [0, 0.05) is 24.4 Å². The third-order valence-corrected chi connectivity index (χ3v) is 5.95. The number of hydrogen-bond acceptors (Lipinski definition) is 4. The van der Waals surface area contributed by atoms with Crippen molar-refractivity contribution in [2.45, 2.75) is 46.1 Å². The summed E-state index contributed by atoms with van der Waals surface area (Å²) >= 11 is 1.74. The molecule has 136 valence electrons. The summed E-state index contributed by atoms with van der Waals surface area (Å²) in [4.78, 5) is 18.5. The smallest absolute Gasteiger partial charge is 0.222 e. The number of hydrogen-bond donors (Lipinski definition) is 1. The van der Waals surface area contributed by atoms with E-state index in [0.29, 0.717) is 12.3 Å². The normalized spacial score (nSPS) is 15.8. The number of thiophene rings is 1. The predicted molar refractivity (Wildman–Crippen MR) is 102 cm³/mol. The number of nitrogens with zero attached hydrogens (tertiary/aromatic N) is 2. The summed E-state index contributed by atoms with van der Waals surface area (Å²) in [6.07, 6.45) is 4.19. The SMILES string of the molecule is CCN(CC)CCN(Cc1cccs1)C(=O)CCC1CCNCC1. The molecule has 0 unspecified atom stereocenters. The van der Waals surface area contributed by atoms with Gasteiger partial charge in [-0.05, 0) is 62.8 Å². The van der Waals surface area contributed by atoms with Gasteiger partial charge in [-0.3, -0.25) is 4.79 Å². The summed E-state index contributed by atoms with van der Waals surface area (Å²) in [6, 6.07) is 4.21. The molecular weight excluding hydrogens is 318 g/mol. The number of carbonyl (C=O) groups is 1. The highest BCUT2D eigenvalue weighted by atomic mass is 32.1. The minimum absolute atomic E-state index is 0.328. The second kappa shape index (κ2) is 10.9. The van der Waals surface area contributed by atoms with Gasteiger partial charge in [-0.25, -0.2) is 0 Å². The van der Waals surface area contributed by atoms with Crippen LogP contribution in [0.4, 0.5) is 0 Å². The Hall–Kier alpha value is -0.910. The topological polar surface area (TPSA) is 35.6 Å². The van der Waals surface area contributed by atoms with E-state index in [2.05, 4.69) is 46.5 Å². The van der Waals surface area contributed by atoms with Crippen LogP contribution in [-0.2, 0) is 11.3 Å². The molecule has 0 atom stereocenters. The van der Waals surface area contributed by atoms with Crippen LogP contribution in [0.25, 0.3) is 0 Å². The Morgan fingerprint density at radius 3 is 2.62 bits per heavy atom. The van der Waals surface area contributed by atoms with Crippen LogP contribution in [0.3, 0.4) is 0 Å². The molecule has 24 heavy (non-hydrogen) atoms. The quantitative estimate of drug-likeness (QED) is 0.703. The molecule has 1 fully saturated rings. The van der Waals surface area contributed by atoms with Crippen LogP contribution in [0.5, 0.6) is 0 Å². The maximum atomic E-state index is 12.8. The molecule has 0 bridgehead atoms. The van der Waals surface area contributed by atoms with E-state index >= 15 is 0 Å². The van der Waals surface area contributed by atoms with E-state index in [1.807, 2.05) is 0 Å². The Morgan fingerprint density at radius 2 is 2.00 bits per heavy atom. The number of carbonyl (C=O) groups excluding carboxylic acids is 1. The molecule has 0 aliphatic carbocycles. The van der Waals surface area contributed by atoms with Crippen molar-refractivity contribution in [1.82, 2.24) is 15.1 Å². The first-order valence-electron chi connectivity index (χ1n) is 9.46. The fourth-order valence-electron chi connectivity index (χ4n) is 3.34. The average molecular weight is 352 g/mol. The van der Waals surface area contributed by atoms with Gasteiger partial charge in [0.25, 0.3) is 0 Å². The molecule has 1 aliphatic heterocycles. The van der Waals surface area contributed by atoms with Crippen LogP contribution < -0.4 is 5.32 Å². The highest BCUT2D eigenvalue weighted by molar-refractivity contribution is 7.09. The first kappa shape index (κ1) is 19.4. The summed E-state index contributed by atoms with van der Waals surface area (Å²) in [5, 5.41) is 5.50. The van der Waals surface area contributed by atoms with Crippen molar-refractivity contribution in [2.75, 3.05) is 39.3 Å². The van der Waals surface area contributed by atoms with Crippen LogP contribution in [0.15, 0.2) is 17.5 Å². The second-order valence-electron chi connectivity index (χ2n) is 6.65. The van der Waals surface area contributed by atoms with E-state index in [4.69, 9.17) is 0 Å². The Labute approximate surface area is 151 Å². The third kappa shape index (κ3) is 6.54. The Morgan fingerprint density at radius 1 is 1.25 bits per heavy atom. The Bertz CT molecular complexity index is 453. The van der Waals surface area contributed by atoms with E-state index < -0.39 is 0 Å². The van der Waals surface area contributed by atoms with Crippen LogP contribution in [-0.4, -0.2) is 55.0 Å². The molecule has 1 aromatic heterocycles. The first-order chi connectivity index (χ1) is 11.7. The number of rotatable bonds is 10. The molecule has 2 heterocycles. The van der Waals surface area contributed by atoms with Crippen molar-refractivity contribution in [3.63, 3.8) is 0 Å². The van der Waals surface area contributed by atoms with Crippen molar-refractivity contribution >= 4 is 17.2 Å². The Balaban J connectivity index is 1.86. The first-order valence-corrected chi connectivity index (χ1v) is 10.3. The van der Waals surface area contributed by atoms with Gasteiger partial charge in [0.1, 0.15) is 0 Å². The molecule has 4 nitrogen and oxygen atoms in total. The van der Waals surface area contributed by atoms with Crippen LogP contribution in [0.1, 0.15) is 44.4 Å². The van der Waals surface area contributed by atoms with Gasteiger partial charge in [-0.1, -0.05) is 19.9 Å². The second-order valence-corrected chi connectivity index (χ2v) is 7.69. The molecular formula is C19H33N3OS. The molecule has 5 heteroatoms. The van der Waals surface area contributed by atoms with Gasteiger partial charge in [0.05, 0.1) is 6.54 Å². The van der Waals surface area contributed by atoms with Gasteiger partial charge in [0.2, 0.25) is 5.91 Å². The molecule has 1 amide bonds. The molecule has 0 saturated carbocycles. The zero-order chi connectivity index (χ0) is 17.2. The monoisotopic (exact) mass is 351 g/mol. The fraction of sp³-hybridized carbons (Fsp3) is 0.737. The van der Waals surface area contributed by atoms with E-state index in [1.54, 1.807) is 11.3 Å². The van der Waals surface area contributed by atoms with Crippen molar-refractivity contribution in [3.8, 4) is 0 Å². The summed E-state index contributed by atoms with van der Waals surface area (Å²) < 4.78 is 0. The largest absolute Gasteiger partial charge is 0.336 e. The summed E-state index contributed by atoms with van der Waals surface area (Å²) in [5.41, 5.74) is 0. The number of nitrogens with one attached hydrogen (secondary N) is 1. The number of piperidine rings is 1. The Kier molecular flexibility index (Phi) is 8.78. The zero-order valence-corrected chi connectivity index (χ0v) is 16.1. The fourth-order valence-corrected chi connectivity index (χ4v) is 4.06. The van der Waals surface area contributed by atoms with E-state index in [9.17, 15) is 4.79 Å². The number of amides is 1. The minimum atomic E-state index is 0.328. The summed E-state index contributed by atoms with van der Waals surface area (Å²) in [7, 11) is 0. The lowest BCUT2D eigenvalue weighted by atomic mass is 9.93. The molecule has 2 rings (SSSR count). The molecule has 1 aromatic rings. The van der Waals surface area contributed by atoms with Crippen molar-refractivity contribution in [2.24, 2.45) is 5.92 Å². The van der Waals surface area contributed by atoms with Crippen LogP contribution in [0.2, 0.25) is 0 Å². The van der Waals surface area contributed by atoms with Gasteiger partial charge < -0.3 is 15.1 Å². The standard InChI is InChI=1S/C19H33N3OS/c1-3-21(4-2)13-14-22(16-18-6-5-15-24-18)19(23)8-7-17-9-11-20-12-10-17/h5-6,15,17,20H,3-4,7-14,16H2,1-2H3. The zero-order valence-electron chi connectivity index (χ0n) is 15.3.